The fourth-order valence-electron chi connectivity index (χ4n) is 3.69. The van der Waals surface area contributed by atoms with E-state index in [0.29, 0.717) is 44.8 Å². The molecule has 1 unspecified atom stereocenters. The summed E-state index contributed by atoms with van der Waals surface area (Å²) in [6.45, 7) is 0. The fourth-order valence-corrected chi connectivity index (χ4v) is 4.83. The second-order valence-electron chi connectivity index (χ2n) is 6.88. The van der Waals surface area contributed by atoms with Gasteiger partial charge in [0.05, 0.1) is 0 Å². The van der Waals surface area contributed by atoms with Gasteiger partial charge in [0.25, 0.3) is 0 Å². The lowest BCUT2D eigenvalue weighted by Crippen LogP contribution is -2.31. The lowest BCUT2D eigenvalue weighted by Gasteiger charge is -2.30. The van der Waals surface area contributed by atoms with E-state index in [4.69, 9.17) is 4.42 Å². The van der Waals surface area contributed by atoms with Crippen LogP contribution in [0.25, 0.3) is 0 Å². The summed E-state index contributed by atoms with van der Waals surface area (Å²) < 4.78 is 22.0. The zero-order valence-corrected chi connectivity index (χ0v) is 17.6. The Balaban J connectivity index is 1.50. The van der Waals surface area contributed by atoms with Crippen LogP contribution in [0.5, 0.6) is 0 Å². The van der Waals surface area contributed by atoms with Gasteiger partial charge in [0.2, 0.25) is 11.1 Å². The highest BCUT2D eigenvalue weighted by molar-refractivity contribution is 9.10. The number of halogens is 2. The summed E-state index contributed by atoms with van der Waals surface area (Å²) in [6.07, 6.45) is 2.10. The molecule has 1 aliphatic carbocycles. The fraction of sp³-hybridized carbons (Fsp3) is 0.250. The summed E-state index contributed by atoms with van der Waals surface area (Å²) in [4.78, 5) is 17.3. The number of carbonyl (C=O) groups excluding carboxylic acids is 1. The van der Waals surface area contributed by atoms with E-state index in [2.05, 4.69) is 31.3 Å². The lowest BCUT2D eigenvalue weighted by atomic mass is 9.88. The summed E-state index contributed by atoms with van der Waals surface area (Å²) in [5.74, 6) is 1.45. The van der Waals surface area contributed by atoms with E-state index in [-0.39, 0.29) is 11.6 Å². The molecule has 148 valence electrons. The van der Waals surface area contributed by atoms with Gasteiger partial charge in [0.1, 0.15) is 17.6 Å². The molecule has 3 aromatic rings. The number of furan rings is 1. The van der Waals surface area contributed by atoms with Gasteiger partial charge in [0.15, 0.2) is 10.5 Å². The minimum atomic E-state index is -0.462. The molecule has 3 heterocycles. The Morgan fingerprint density at radius 3 is 2.93 bits per heavy atom. The van der Waals surface area contributed by atoms with Crippen molar-refractivity contribution in [2.24, 2.45) is 0 Å². The Bertz CT molecular complexity index is 1140. The average Bonchev–Trinajstić information content (AvgIpc) is 3.31. The number of Topliss-reactive ketones (excluding diaryl/α,β-unsaturated/α-hetero) is 1. The molecule has 1 N–H and O–H groups in total. The molecule has 0 fully saturated rings. The normalized spacial score (nSPS) is 18.4. The SMILES string of the molecule is O=C1CCCC2=C1C(c1ccc(Br)o1)n1nc(SCc3ccccc3F)nc1N2. The number of anilines is 1. The van der Waals surface area contributed by atoms with Gasteiger partial charge in [0, 0.05) is 23.4 Å². The average molecular weight is 475 g/mol. The molecule has 0 bridgehead atoms. The first-order valence-electron chi connectivity index (χ1n) is 9.21. The molecule has 0 saturated heterocycles. The number of rotatable bonds is 4. The van der Waals surface area contributed by atoms with E-state index < -0.39 is 6.04 Å². The zero-order chi connectivity index (χ0) is 20.0. The van der Waals surface area contributed by atoms with Gasteiger partial charge in [-0.3, -0.25) is 4.79 Å². The topological polar surface area (TPSA) is 73.0 Å². The Morgan fingerprint density at radius 1 is 1.28 bits per heavy atom. The highest BCUT2D eigenvalue weighted by atomic mass is 79.9. The number of nitrogens with one attached hydrogen (secondary N) is 1. The molecule has 5 rings (SSSR count). The number of carbonyl (C=O) groups is 1. The van der Waals surface area contributed by atoms with Gasteiger partial charge in [-0.05, 0) is 52.5 Å². The van der Waals surface area contributed by atoms with Crippen LogP contribution < -0.4 is 5.32 Å². The van der Waals surface area contributed by atoms with Crippen LogP contribution in [0, 0.1) is 5.82 Å². The zero-order valence-electron chi connectivity index (χ0n) is 15.2. The Kier molecular flexibility index (Phi) is 4.79. The van der Waals surface area contributed by atoms with Crippen molar-refractivity contribution in [3.63, 3.8) is 0 Å². The van der Waals surface area contributed by atoms with Crippen molar-refractivity contribution >= 4 is 39.4 Å². The van der Waals surface area contributed by atoms with Gasteiger partial charge in [-0.2, -0.15) is 4.98 Å². The third-order valence-electron chi connectivity index (χ3n) is 5.03. The molecular weight excluding hydrogens is 459 g/mol. The maximum absolute atomic E-state index is 13.9. The van der Waals surface area contributed by atoms with E-state index in [1.807, 2.05) is 6.07 Å². The van der Waals surface area contributed by atoms with Gasteiger partial charge >= 0.3 is 0 Å². The lowest BCUT2D eigenvalue weighted by molar-refractivity contribution is -0.116. The smallest absolute Gasteiger partial charge is 0.227 e. The molecule has 1 aromatic carbocycles. The summed E-state index contributed by atoms with van der Waals surface area (Å²) in [5.41, 5.74) is 2.16. The van der Waals surface area contributed by atoms with Gasteiger partial charge in [-0.15, -0.1) is 5.10 Å². The van der Waals surface area contributed by atoms with E-state index in [9.17, 15) is 9.18 Å². The summed E-state index contributed by atoms with van der Waals surface area (Å²) >= 11 is 4.69. The number of fused-ring (bicyclic) bond motifs is 1. The van der Waals surface area contributed by atoms with Gasteiger partial charge in [-0.1, -0.05) is 30.0 Å². The number of benzene rings is 1. The summed E-state index contributed by atoms with van der Waals surface area (Å²) in [7, 11) is 0. The van der Waals surface area contributed by atoms with Crippen LogP contribution in [0.3, 0.4) is 0 Å². The molecule has 29 heavy (non-hydrogen) atoms. The van der Waals surface area contributed by atoms with Crippen LogP contribution >= 0.6 is 27.7 Å². The molecule has 9 heteroatoms. The molecule has 0 radical (unpaired) electrons. The van der Waals surface area contributed by atoms with Crippen LogP contribution in [0.2, 0.25) is 0 Å². The van der Waals surface area contributed by atoms with Crippen LogP contribution in [-0.4, -0.2) is 20.5 Å². The van der Waals surface area contributed by atoms with Crippen molar-refractivity contribution in [2.45, 2.75) is 36.2 Å². The largest absolute Gasteiger partial charge is 0.452 e. The first-order valence-corrected chi connectivity index (χ1v) is 11.0. The molecule has 0 saturated carbocycles. The molecule has 0 amide bonds. The highest BCUT2D eigenvalue weighted by Gasteiger charge is 2.38. The summed E-state index contributed by atoms with van der Waals surface area (Å²) in [5, 5.41) is 8.40. The van der Waals surface area contributed by atoms with E-state index in [1.54, 1.807) is 28.9 Å². The van der Waals surface area contributed by atoms with Crippen molar-refractivity contribution in [1.82, 2.24) is 14.8 Å². The van der Waals surface area contributed by atoms with Crippen molar-refractivity contribution in [1.29, 1.82) is 0 Å². The highest BCUT2D eigenvalue weighted by Crippen LogP contribution is 2.41. The minimum absolute atomic E-state index is 0.0954. The Labute approximate surface area is 178 Å². The van der Waals surface area contributed by atoms with Crippen molar-refractivity contribution in [2.75, 3.05) is 5.32 Å². The van der Waals surface area contributed by atoms with E-state index in [1.165, 1.54) is 17.8 Å². The van der Waals surface area contributed by atoms with Crippen LogP contribution in [0.4, 0.5) is 10.3 Å². The van der Waals surface area contributed by atoms with Crippen LogP contribution in [-0.2, 0) is 10.5 Å². The Morgan fingerprint density at radius 2 is 2.14 bits per heavy atom. The number of hydrogen-bond acceptors (Lipinski definition) is 6. The third kappa shape index (κ3) is 3.42. The first kappa shape index (κ1) is 18.6. The number of thioether (sulfide) groups is 1. The molecule has 2 aliphatic rings. The molecule has 1 atom stereocenters. The number of hydrogen-bond donors (Lipinski definition) is 1. The molecular formula is C20H16BrFN4O2S. The summed E-state index contributed by atoms with van der Waals surface area (Å²) in [6, 6.07) is 9.84. The third-order valence-corrected chi connectivity index (χ3v) is 6.34. The molecule has 1 aliphatic heterocycles. The van der Waals surface area contributed by atoms with Crippen LogP contribution in [0.1, 0.15) is 36.6 Å². The number of aromatic nitrogens is 3. The van der Waals surface area contributed by atoms with Crippen molar-refractivity contribution in [3.05, 3.63) is 69.5 Å². The Hall–Kier alpha value is -2.39. The molecule has 0 spiro atoms. The number of ketones is 1. The van der Waals surface area contributed by atoms with Crippen molar-refractivity contribution < 1.29 is 13.6 Å². The van der Waals surface area contributed by atoms with Gasteiger partial charge < -0.3 is 9.73 Å². The maximum atomic E-state index is 13.9. The molecule has 6 nitrogen and oxygen atoms in total. The predicted octanol–water partition coefficient (Wildman–Crippen LogP) is 5.09. The second-order valence-corrected chi connectivity index (χ2v) is 8.61. The monoisotopic (exact) mass is 474 g/mol. The van der Waals surface area contributed by atoms with Gasteiger partial charge in [-0.25, -0.2) is 9.07 Å². The predicted molar refractivity (Wildman–Crippen MR) is 110 cm³/mol. The number of allylic oxidation sites excluding steroid dienone is 2. The quantitative estimate of drug-likeness (QED) is 0.531. The van der Waals surface area contributed by atoms with E-state index >= 15 is 0 Å². The standard InChI is InChI=1S/C20H16BrFN4O2S/c21-16-9-8-15(28-16)18-17-13(6-3-7-14(17)27)23-19-24-20(25-26(18)19)29-10-11-4-1-2-5-12(11)22/h1-2,4-5,8-9,18H,3,6-7,10H2,(H,23,24,25). The number of nitrogens with zero attached hydrogens (tertiary/aromatic N) is 3. The van der Waals surface area contributed by atoms with Crippen molar-refractivity contribution in [3.8, 4) is 0 Å². The van der Waals surface area contributed by atoms with Crippen LogP contribution in [0.15, 0.2) is 61.9 Å². The minimum Gasteiger partial charge on any atom is -0.452 e. The first-order chi connectivity index (χ1) is 14.1. The molecule has 2 aromatic heterocycles. The maximum Gasteiger partial charge on any atom is 0.227 e. The van der Waals surface area contributed by atoms with E-state index in [0.717, 1.165) is 18.5 Å². The second kappa shape index (κ2) is 7.46.